The minimum Gasteiger partial charge on any atom is -0.349 e. The van der Waals surface area contributed by atoms with Gasteiger partial charge in [-0.05, 0) is 30.5 Å². The number of amides is 1. The van der Waals surface area contributed by atoms with E-state index in [1.165, 1.54) is 6.07 Å². The SMILES string of the molecule is CC(C)c1nc2n(n1)CC(=O)NC1(CCN(Cc3ccc(F)c(Cl)c3)CC1)C2. The van der Waals surface area contributed by atoms with E-state index in [4.69, 9.17) is 16.6 Å². The van der Waals surface area contributed by atoms with Crippen LogP contribution in [0.5, 0.6) is 0 Å². The molecule has 0 unspecified atom stereocenters. The van der Waals surface area contributed by atoms with Crippen LogP contribution in [-0.4, -0.2) is 44.2 Å². The van der Waals surface area contributed by atoms with Crippen LogP contribution in [0.2, 0.25) is 5.02 Å². The summed E-state index contributed by atoms with van der Waals surface area (Å²) in [4.78, 5) is 19.5. The summed E-state index contributed by atoms with van der Waals surface area (Å²) in [6.45, 7) is 6.77. The minimum absolute atomic E-state index is 0.00211. The summed E-state index contributed by atoms with van der Waals surface area (Å²) in [5.74, 6) is 1.53. The van der Waals surface area contributed by atoms with Crippen molar-refractivity contribution in [3.63, 3.8) is 0 Å². The van der Waals surface area contributed by atoms with E-state index in [1.54, 1.807) is 16.8 Å². The van der Waals surface area contributed by atoms with Crippen LogP contribution in [0.3, 0.4) is 0 Å². The molecule has 3 heterocycles. The molecule has 2 aromatic rings. The van der Waals surface area contributed by atoms with Crippen molar-refractivity contribution < 1.29 is 9.18 Å². The van der Waals surface area contributed by atoms with Gasteiger partial charge >= 0.3 is 0 Å². The summed E-state index contributed by atoms with van der Waals surface area (Å²) in [7, 11) is 0. The van der Waals surface area contributed by atoms with Gasteiger partial charge in [0, 0.05) is 37.5 Å². The molecule has 1 aromatic heterocycles. The third kappa shape index (κ3) is 3.91. The van der Waals surface area contributed by atoms with Gasteiger partial charge in [-0.3, -0.25) is 9.69 Å². The van der Waals surface area contributed by atoms with E-state index in [1.807, 2.05) is 0 Å². The smallest absolute Gasteiger partial charge is 0.242 e. The van der Waals surface area contributed by atoms with Gasteiger partial charge in [0.05, 0.1) is 5.02 Å². The van der Waals surface area contributed by atoms with Gasteiger partial charge < -0.3 is 5.32 Å². The Balaban J connectivity index is 1.46. The number of carbonyl (C=O) groups excluding carboxylic acids is 1. The number of hydrogen-bond donors (Lipinski definition) is 1. The fourth-order valence-corrected chi connectivity index (χ4v) is 4.25. The largest absolute Gasteiger partial charge is 0.349 e. The number of carbonyl (C=O) groups is 1. The maximum Gasteiger partial charge on any atom is 0.242 e. The Morgan fingerprint density at radius 3 is 2.75 bits per heavy atom. The first-order valence-corrected chi connectivity index (χ1v) is 10.1. The molecule has 150 valence electrons. The van der Waals surface area contributed by atoms with E-state index < -0.39 is 5.82 Å². The van der Waals surface area contributed by atoms with Gasteiger partial charge in [-0.2, -0.15) is 5.10 Å². The lowest BCUT2D eigenvalue weighted by atomic mass is 9.84. The van der Waals surface area contributed by atoms with E-state index in [0.717, 1.165) is 49.7 Å². The number of piperidine rings is 1. The molecule has 0 atom stereocenters. The fraction of sp³-hybridized carbons (Fsp3) is 0.550. The first kappa shape index (κ1) is 19.3. The topological polar surface area (TPSA) is 63.1 Å². The highest BCUT2D eigenvalue weighted by atomic mass is 35.5. The second-order valence-electron chi connectivity index (χ2n) is 8.23. The van der Waals surface area contributed by atoms with Crippen LogP contribution in [0.1, 0.15) is 49.8 Å². The van der Waals surface area contributed by atoms with Crippen LogP contribution in [-0.2, 0) is 24.3 Å². The summed E-state index contributed by atoms with van der Waals surface area (Å²) >= 11 is 5.90. The number of likely N-dealkylation sites (tertiary alicyclic amines) is 1. The van der Waals surface area contributed by atoms with Crippen LogP contribution >= 0.6 is 11.6 Å². The summed E-state index contributed by atoms with van der Waals surface area (Å²) in [5, 5.41) is 7.91. The maximum atomic E-state index is 13.4. The molecular weight excluding hydrogens is 381 g/mol. The predicted molar refractivity (Wildman–Crippen MR) is 105 cm³/mol. The minimum atomic E-state index is -0.394. The zero-order chi connectivity index (χ0) is 19.9. The normalized spacial score (nSPS) is 19.5. The molecule has 28 heavy (non-hydrogen) atoms. The van der Waals surface area contributed by atoms with Crippen LogP contribution in [0, 0.1) is 5.82 Å². The maximum absolute atomic E-state index is 13.4. The molecule has 1 fully saturated rings. The molecule has 1 N–H and O–H groups in total. The van der Waals surface area contributed by atoms with Gasteiger partial charge in [-0.1, -0.05) is 31.5 Å². The Morgan fingerprint density at radius 1 is 1.32 bits per heavy atom. The molecule has 2 aliphatic rings. The number of halogens is 2. The average molecular weight is 406 g/mol. The lowest BCUT2D eigenvalue weighted by molar-refractivity contribution is -0.123. The summed E-state index contributed by atoms with van der Waals surface area (Å²) in [5.41, 5.74) is 0.720. The van der Waals surface area contributed by atoms with Gasteiger partial charge in [0.15, 0.2) is 5.82 Å². The first-order chi connectivity index (χ1) is 13.3. The zero-order valence-electron chi connectivity index (χ0n) is 16.2. The third-order valence-electron chi connectivity index (χ3n) is 5.68. The van der Waals surface area contributed by atoms with Crippen molar-refractivity contribution in [1.29, 1.82) is 0 Å². The van der Waals surface area contributed by atoms with E-state index >= 15 is 0 Å². The predicted octanol–water partition coefficient (Wildman–Crippen LogP) is 2.90. The monoisotopic (exact) mass is 405 g/mol. The molecule has 0 radical (unpaired) electrons. The highest BCUT2D eigenvalue weighted by molar-refractivity contribution is 6.30. The average Bonchev–Trinajstić information content (AvgIpc) is 2.97. The standard InChI is InChI=1S/C20H25ClFN5O/c1-13(2)19-23-17-10-20(24-18(28)12-27(17)25-19)5-7-26(8-6-20)11-14-3-4-16(22)15(21)9-14/h3-4,9,13H,5-8,10-12H2,1-2H3,(H,24,28). The summed E-state index contributed by atoms with van der Waals surface area (Å²) in [6.07, 6.45) is 2.39. The van der Waals surface area contributed by atoms with E-state index in [-0.39, 0.29) is 28.9 Å². The van der Waals surface area contributed by atoms with Crippen molar-refractivity contribution in [3.8, 4) is 0 Å². The Morgan fingerprint density at radius 2 is 2.07 bits per heavy atom. The molecule has 1 saturated heterocycles. The number of nitrogens with one attached hydrogen (secondary N) is 1. The van der Waals surface area contributed by atoms with Crippen LogP contribution < -0.4 is 5.32 Å². The highest BCUT2D eigenvalue weighted by Crippen LogP contribution is 2.29. The molecule has 8 heteroatoms. The molecule has 0 bridgehead atoms. The molecule has 1 amide bonds. The molecule has 6 nitrogen and oxygen atoms in total. The number of aromatic nitrogens is 3. The fourth-order valence-electron chi connectivity index (χ4n) is 4.05. The second-order valence-corrected chi connectivity index (χ2v) is 8.64. The lowest BCUT2D eigenvalue weighted by Gasteiger charge is -2.41. The van der Waals surface area contributed by atoms with Crippen molar-refractivity contribution in [2.75, 3.05) is 13.1 Å². The Hall–Kier alpha value is -1.99. The van der Waals surface area contributed by atoms with Crippen molar-refractivity contribution in [2.24, 2.45) is 0 Å². The second kappa shape index (κ2) is 7.44. The highest BCUT2D eigenvalue weighted by Gasteiger charge is 2.39. The molecule has 4 rings (SSSR count). The first-order valence-electron chi connectivity index (χ1n) is 9.74. The number of benzene rings is 1. The van der Waals surface area contributed by atoms with Crippen molar-refractivity contribution in [1.82, 2.24) is 25.0 Å². The quantitative estimate of drug-likeness (QED) is 0.852. The van der Waals surface area contributed by atoms with Crippen molar-refractivity contribution >= 4 is 17.5 Å². The van der Waals surface area contributed by atoms with E-state index in [9.17, 15) is 9.18 Å². The number of nitrogens with zero attached hydrogens (tertiary/aromatic N) is 4. The summed E-state index contributed by atoms with van der Waals surface area (Å²) in [6, 6.07) is 4.87. The lowest BCUT2D eigenvalue weighted by Crippen LogP contribution is -2.56. The molecule has 0 saturated carbocycles. The van der Waals surface area contributed by atoms with Crippen LogP contribution in [0.15, 0.2) is 18.2 Å². The number of hydrogen-bond acceptors (Lipinski definition) is 4. The molecule has 1 spiro atoms. The van der Waals surface area contributed by atoms with Gasteiger partial charge in [-0.25, -0.2) is 14.1 Å². The Bertz CT molecular complexity index is 889. The Labute approximate surface area is 169 Å². The molecule has 0 aliphatic carbocycles. The molecular formula is C20H25ClFN5O. The van der Waals surface area contributed by atoms with Crippen molar-refractivity contribution in [2.45, 2.75) is 57.7 Å². The van der Waals surface area contributed by atoms with Crippen molar-refractivity contribution in [3.05, 3.63) is 46.3 Å². The van der Waals surface area contributed by atoms with Gasteiger partial charge in [0.2, 0.25) is 5.91 Å². The summed E-state index contributed by atoms with van der Waals surface area (Å²) < 4.78 is 15.1. The van der Waals surface area contributed by atoms with Gasteiger partial charge in [0.25, 0.3) is 0 Å². The van der Waals surface area contributed by atoms with E-state index in [0.29, 0.717) is 6.42 Å². The number of fused-ring (bicyclic) bond motifs is 1. The zero-order valence-corrected chi connectivity index (χ0v) is 17.0. The third-order valence-corrected chi connectivity index (χ3v) is 5.97. The molecule has 2 aliphatic heterocycles. The number of rotatable bonds is 3. The van der Waals surface area contributed by atoms with E-state index in [2.05, 4.69) is 29.2 Å². The molecule has 1 aromatic carbocycles. The van der Waals surface area contributed by atoms with Gasteiger partial charge in [0.1, 0.15) is 18.2 Å². The van der Waals surface area contributed by atoms with Crippen LogP contribution in [0.4, 0.5) is 4.39 Å². The van der Waals surface area contributed by atoms with Gasteiger partial charge in [-0.15, -0.1) is 0 Å². The van der Waals surface area contributed by atoms with Crippen LogP contribution in [0.25, 0.3) is 0 Å². The Kier molecular flexibility index (Phi) is 5.14.